The van der Waals surface area contributed by atoms with Gasteiger partial charge in [-0.25, -0.2) is 5.48 Å². The Morgan fingerprint density at radius 2 is 1.69 bits per heavy atom. The summed E-state index contributed by atoms with van der Waals surface area (Å²) in [5.74, 6) is -0.372. The molecule has 94 valence electrons. The van der Waals surface area contributed by atoms with Gasteiger partial charge in [0.05, 0.1) is 13.5 Å². The minimum absolute atomic E-state index is 0.00922. The highest BCUT2D eigenvalue weighted by Gasteiger charge is 2.08. The maximum absolute atomic E-state index is 11.3. The Labute approximate surface area is 97.7 Å². The van der Waals surface area contributed by atoms with Crippen molar-refractivity contribution in [3.63, 3.8) is 0 Å². The van der Waals surface area contributed by atoms with Gasteiger partial charge in [0.25, 0.3) is 5.91 Å². The molecule has 0 aliphatic heterocycles. The molecule has 4 nitrogen and oxygen atoms in total. The summed E-state index contributed by atoms with van der Waals surface area (Å²) in [6.45, 7) is 2.18. The molecule has 0 radical (unpaired) electrons. The number of unbranched alkanes of at least 4 members (excludes halogenated alkanes) is 5. The Balaban J connectivity index is 3.33. The van der Waals surface area contributed by atoms with Crippen molar-refractivity contribution in [2.75, 3.05) is 7.11 Å². The topological polar surface area (TPSA) is 55.4 Å². The molecule has 0 aromatic rings. The fourth-order valence-corrected chi connectivity index (χ4v) is 1.52. The Bertz CT molecular complexity index is 204. The molecule has 0 spiro atoms. The number of amides is 1. The zero-order chi connectivity index (χ0) is 12.2. The maximum atomic E-state index is 11.3. The van der Waals surface area contributed by atoms with Crippen molar-refractivity contribution in [2.45, 2.75) is 58.3 Å². The molecule has 0 bridgehead atoms. The van der Waals surface area contributed by atoms with E-state index in [2.05, 4.69) is 17.2 Å². The quantitative estimate of drug-likeness (QED) is 0.355. The zero-order valence-corrected chi connectivity index (χ0v) is 10.4. The molecule has 0 saturated carbocycles. The van der Waals surface area contributed by atoms with Gasteiger partial charge >= 0.3 is 0 Å². The number of nitrogens with one attached hydrogen (secondary N) is 1. The van der Waals surface area contributed by atoms with Crippen LogP contribution in [0.5, 0.6) is 0 Å². The largest absolute Gasteiger partial charge is 0.299 e. The van der Waals surface area contributed by atoms with Crippen LogP contribution in [0.3, 0.4) is 0 Å². The molecular weight excluding hydrogens is 206 g/mol. The standard InChI is InChI=1S/C12H23NO3/c1-3-4-5-6-7-8-9-11(14)10-12(15)13-16-2/h3-10H2,1-2H3,(H,13,15). The minimum Gasteiger partial charge on any atom is -0.299 e. The summed E-state index contributed by atoms with van der Waals surface area (Å²) in [6.07, 6.45) is 7.34. The van der Waals surface area contributed by atoms with E-state index in [-0.39, 0.29) is 18.1 Å². The molecule has 0 atom stereocenters. The number of hydroxylamine groups is 1. The first-order valence-corrected chi connectivity index (χ1v) is 6.04. The van der Waals surface area contributed by atoms with Crippen molar-refractivity contribution in [1.29, 1.82) is 0 Å². The monoisotopic (exact) mass is 229 g/mol. The van der Waals surface area contributed by atoms with E-state index in [9.17, 15) is 9.59 Å². The first kappa shape index (κ1) is 15.1. The highest BCUT2D eigenvalue weighted by molar-refractivity contribution is 5.97. The average Bonchev–Trinajstić information content (AvgIpc) is 2.23. The third-order valence-corrected chi connectivity index (χ3v) is 2.38. The van der Waals surface area contributed by atoms with Gasteiger partial charge in [0.2, 0.25) is 0 Å². The zero-order valence-electron chi connectivity index (χ0n) is 10.4. The van der Waals surface area contributed by atoms with Gasteiger partial charge in [-0.1, -0.05) is 39.0 Å². The lowest BCUT2D eigenvalue weighted by molar-refractivity contribution is -0.135. The van der Waals surface area contributed by atoms with E-state index in [1.54, 1.807) is 0 Å². The second-order valence-electron chi connectivity index (χ2n) is 3.96. The second kappa shape index (κ2) is 10.6. The van der Waals surface area contributed by atoms with Crippen LogP contribution in [-0.2, 0) is 14.4 Å². The van der Waals surface area contributed by atoms with Crippen molar-refractivity contribution in [1.82, 2.24) is 5.48 Å². The molecule has 0 aliphatic carbocycles. The van der Waals surface area contributed by atoms with E-state index in [1.807, 2.05) is 0 Å². The number of Topliss-reactive ketones (excluding diaryl/α,β-unsaturated/α-hetero) is 1. The molecule has 0 aromatic heterocycles. The number of carbonyl (C=O) groups is 2. The first-order valence-electron chi connectivity index (χ1n) is 6.04. The van der Waals surface area contributed by atoms with Gasteiger partial charge in [0.1, 0.15) is 5.78 Å². The van der Waals surface area contributed by atoms with E-state index in [0.29, 0.717) is 6.42 Å². The molecule has 0 aliphatic rings. The Morgan fingerprint density at radius 3 is 2.31 bits per heavy atom. The third-order valence-electron chi connectivity index (χ3n) is 2.38. The summed E-state index contributed by atoms with van der Waals surface area (Å²) in [6, 6.07) is 0. The van der Waals surface area contributed by atoms with Crippen molar-refractivity contribution in [3.8, 4) is 0 Å². The summed E-state index contributed by atoms with van der Waals surface area (Å²) in [7, 11) is 1.36. The average molecular weight is 229 g/mol. The Morgan fingerprint density at radius 1 is 1.06 bits per heavy atom. The van der Waals surface area contributed by atoms with E-state index in [1.165, 1.54) is 32.8 Å². The molecular formula is C12H23NO3. The summed E-state index contributed by atoms with van der Waals surface area (Å²) in [5, 5.41) is 0. The lowest BCUT2D eigenvalue weighted by Gasteiger charge is -2.02. The minimum atomic E-state index is -0.363. The van der Waals surface area contributed by atoms with E-state index in [4.69, 9.17) is 0 Å². The smallest absolute Gasteiger partial charge is 0.250 e. The number of hydrogen-bond donors (Lipinski definition) is 1. The van der Waals surface area contributed by atoms with Gasteiger partial charge in [-0.2, -0.15) is 0 Å². The molecule has 0 unspecified atom stereocenters. The molecule has 0 rings (SSSR count). The number of carbonyl (C=O) groups excluding carboxylic acids is 2. The molecule has 4 heteroatoms. The van der Waals surface area contributed by atoms with Crippen LogP contribution < -0.4 is 5.48 Å². The maximum Gasteiger partial charge on any atom is 0.250 e. The van der Waals surface area contributed by atoms with E-state index >= 15 is 0 Å². The van der Waals surface area contributed by atoms with Gasteiger partial charge in [0.15, 0.2) is 0 Å². The van der Waals surface area contributed by atoms with Crippen LogP contribution in [-0.4, -0.2) is 18.8 Å². The van der Waals surface area contributed by atoms with Crippen molar-refractivity contribution in [3.05, 3.63) is 0 Å². The molecule has 0 saturated heterocycles. The Kier molecular flexibility index (Phi) is 10.0. The fourth-order valence-electron chi connectivity index (χ4n) is 1.52. The molecule has 0 aromatic carbocycles. The van der Waals surface area contributed by atoms with Crippen LogP contribution in [0.25, 0.3) is 0 Å². The summed E-state index contributed by atoms with van der Waals surface area (Å²) < 4.78 is 0. The molecule has 0 heterocycles. The first-order chi connectivity index (χ1) is 7.70. The normalized spacial score (nSPS) is 10.1. The predicted octanol–water partition coefficient (Wildman–Crippen LogP) is 2.37. The van der Waals surface area contributed by atoms with Crippen LogP contribution >= 0.6 is 0 Å². The molecule has 0 fully saturated rings. The van der Waals surface area contributed by atoms with Crippen LogP contribution in [0.15, 0.2) is 0 Å². The lowest BCUT2D eigenvalue weighted by Crippen LogP contribution is -2.24. The van der Waals surface area contributed by atoms with Crippen LogP contribution in [0.4, 0.5) is 0 Å². The fraction of sp³-hybridized carbons (Fsp3) is 0.833. The van der Waals surface area contributed by atoms with Gasteiger partial charge in [-0.15, -0.1) is 0 Å². The van der Waals surface area contributed by atoms with Crippen LogP contribution in [0.2, 0.25) is 0 Å². The summed E-state index contributed by atoms with van der Waals surface area (Å²) >= 11 is 0. The van der Waals surface area contributed by atoms with E-state index in [0.717, 1.165) is 12.8 Å². The third kappa shape index (κ3) is 9.65. The van der Waals surface area contributed by atoms with Gasteiger partial charge in [-0.05, 0) is 6.42 Å². The molecule has 1 N–H and O–H groups in total. The SMILES string of the molecule is CCCCCCCCC(=O)CC(=O)NOC. The van der Waals surface area contributed by atoms with Crippen molar-refractivity contribution in [2.24, 2.45) is 0 Å². The van der Waals surface area contributed by atoms with Gasteiger partial charge < -0.3 is 0 Å². The van der Waals surface area contributed by atoms with Gasteiger partial charge in [0, 0.05) is 6.42 Å². The van der Waals surface area contributed by atoms with Crippen LogP contribution in [0, 0.1) is 0 Å². The number of hydrogen-bond acceptors (Lipinski definition) is 3. The van der Waals surface area contributed by atoms with Crippen molar-refractivity contribution < 1.29 is 14.4 Å². The predicted molar refractivity (Wildman–Crippen MR) is 62.8 cm³/mol. The van der Waals surface area contributed by atoms with Gasteiger partial charge in [-0.3, -0.25) is 14.4 Å². The van der Waals surface area contributed by atoms with E-state index < -0.39 is 0 Å². The second-order valence-corrected chi connectivity index (χ2v) is 3.96. The number of rotatable bonds is 10. The summed E-state index contributed by atoms with van der Waals surface area (Å²) in [4.78, 5) is 26.7. The molecule has 1 amide bonds. The Hall–Kier alpha value is -0.900. The number of ketones is 1. The highest BCUT2D eigenvalue weighted by Crippen LogP contribution is 2.07. The highest BCUT2D eigenvalue weighted by atomic mass is 16.6. The molecule has 16 heavy (non-hydrogen) atoms. The lowest BCUT2D eigenvalue weighted by atomic mass is 10.1. The van der Waals surface area contributed by atoms with Crippen LogP contribution in [0.1, 0.15) is 58.3 Å². The van der Waals surface area contributed by atoms with Crippen molar-refractivity contribution >= 4 is 11.7 Å². The summed E-state index contributed by atoms with van der Waals surface area (Å²) in [5.41, 5.74) is 2.13.